The van der Waals surface area contributed by atoms with Gasteiger partial charge in [-0.1, -0.05) is 13.6 Å². The summed E-state index contributed by atoms with van der Waals surface area (Å²) in [6, 6.07) is 0. The van der Waals surface area contributed by atoms with Crippen LogP contribution in [0.4, 0.5) is 13.6 Å². The summed E-state index contributed by atoms with van der Waals surface area (Å²) in [7, 11) is -2.51. The van der Waals surface area contributed by atoms with Gasteiger partial charge < -0.3 is 2.85 Å². The van der Waals surface area contributed by atoms with Crippen molar-refractivity contribution < 1.29 is 31.0 Å². The Hall–Kier alpha value is 0.995. The Balaban J connectivity index is -0.0000000600. The summed E-state index contributed by atoms with van der Waals surface area (Å²) in [4.78, 5) is 7.06. The van der Waals surface area contributed by atoms with E-state index in [4.69, 9.17) is 0 Å². The van der Waals surface area contributed by atoms with Crippen LogP contribution < -0.4 is 0 Å². The van der Waals surface area contributed by atoms with Gasteiger partial charge in [-0.25, -0.2) is 0 Å². The molecular weight excluding hydrogens is 156 g/mol. The van der Waals surface area contributed by atoms with Crippen LogP contribution in [0.5, 0.6) is 0 Å². The van der Waals surface area contributed by atoms with Gasteiger partial charge in [-0.3, -0.25) is 0 Å². The molecule has 0 rings (SSSR count). The van der Waals surface area contributed by atoms with Gasteiger partial charge in [0, 0.05) is 0 Å². The fourth-order valence-electron chi connectivity index (χ4n) is 0.0412. The van der Waals surface area contributed by atoms with Gasteiger partial charge in [-0.05, 0) is 0 Å². The van der Waals surface area contributed by atoms with Crippen molar-refractivity contribution in [2.75, 3.05) is 0 Å². The van der Waals surface area contributed by atoms with E-state index in [2.05, 4.69) is 14.6 Å². The third-order valence-electron chi connectivity index (χ3n) is 0.218. The molecule has 0 aliphatic rings. The second kappa shape index (κ2) is 7.99. The Morgan fingerprint density at radius 3 is 1.25 bits per heavy atom. The standard InChI is InChI=1S/BF3O3.Ca.2H/c2-5-1(6-3)7-4;;;/q;+2;2*-1. The monoisotopic (exact) mass is 158 g/mol. The summed E-state index contributed by atoms with van der Waals surface area (Å²) in [6.45, 7) is 0. The summed E-state index contributed by atoms with van der Waals surface area (Å²) in [5.41, 5.74) is 0. The second-order valence-electron chi connectivity index (χ2n) is 0.556. The molecule has 0 N–H and O–H groups in total. The van der Waals surface area contributed by atoms with Gasteiger partial charge in [0.2, 0.25) is 0 Å². The molecule has 0 radical (unpaired) electrons. The SMILES string of the molecule is FOB(OF)OF.[Ca+2].[H-].[H-]. The van der Waals surface area contributed by atoms with Crippen molar-refractivity contribution in [1.29, 1.82) is 0 Å². The first-order valence-corrected chi connectivity index (χ1v) is 1.17. The Morgan fingerprint density at radius 2 is 1.25 bits per heavy atom. The van der Waals surface area contributed by atoms with Gasteiger partial charge >= 0.3 is 45.1 Å². The van der Waals surface area contributed by atoms with Crippen LogP contribution in [-0.2, 0) is 14.6 Å². The van der Waals surface area contributed by atoms with Gasteiger partial charge in [-0.2, -0.15) is 14.6 Å². The minimum Gasteiger partial charge on any atom is -1.00 e. The van der Waals surface area contributed by atoms with E-state index in [-0.39, 0.29) is 40.6 Å². The number of hydrogen-bond acceptors (Lipinski definition) is 3. The predicted molar refractivity (Wildman–Crippen MR) is 20.3 cm³/mol. The van der Waals surface area contributed by atoms with Crippen LogP contribution in [0.25, 0.3) is 0 Å². The first kappa shape index (κ1) is 11.8. The number of rotatable bonds is 3. The Labute approximate surface area is 75.9 Å². The van der Waals surface area contributed by atoms with E-state index < -0.39 is 7.32 Å². The van der Waals surface area contributed by atoms with Gasteiger partial charge in [0.1, 0.15) is 0 Å². The maximum atomic E-state index is 10.4. The summed E-state index contributed by atoms with van der Waals surface area (Å²) in [5.74, 6) is 0. The molecule has 0 unspecified atom stereocenters. The molecule has 0 saturated heterocycles. The summed E-state index contributed by atoms with van der Waals surface area (Å²) >= 11 is 0. The van der Waals surface area contributed by atoms with E-state index in [1.54, 1.807) is 0 Å². The van der Waals surface area contributed by atoms with Crippen molar-refractivity contribution in [3.63, 3.8) is 0 Å². The van der Waals surface area contributed by atoms with Crippen molar-refractivity contribution in [2.45, 2.75) is 0 Å². The number of halogens is 3. The molecule has 0 amide bonds. The quantitative estimate of drug-likeness (QED) is 0.560. The van der Waals surface area contributed by atoms with Crippen molar-refractivity contribution in [3.8, 4) is 0 Å². The van der Waals surface area contributed by atoms with Crippen LogP contribution in [0.1, 0.15) is 2.85 Å². The van der Waals surface area contributed by atoms with Crippen LogP contribution in [0, 0.1) is 0 Å². The smallest absolute Gasteiger partial charge is 1.00 e. The van der Waals surface area contributed by atoms with Crippen molar-refractivity contribution in [3.05, 3.63) is 0 Å². The predicted octanol–water partition coefficient (Wildman–Crippen LogP) is 0.519. The maximum absolute atomic E-state index is 10.4. The van der Waals surface area contributed by atoms with Gasteiger partial charge in [0.25, 0.3) is 0 Å². The Morgan fingerprint density at radius 1 is 1.00 bits per heavy atom. The molecule has 8 heavy (non-hydrogen) atoms. The molecule has 3 nitrogen and oxygen atoms in total. The first-order chi connectivity index (χ1) is 3.35. The van der Waals surface area contributed by atoms with Crippen LogP contribution in [0.15, 0.2) is 0 Å². The zero-order valence-electron chi connectivity index (χ0n) is 5.64. The van der Waals surface area contributed by atoms with E-state index in [1.165, 1.54) is 0 Å². The van der Waals surface area contributed by atoms with E-state index in [1.807, 2.05) is 0 Å². The normalized spacial score (nSPS) is 7.88. The maximum Gasteiger partial charge on any atom is 2.00 e. The Kier molecular flexibility index (Phi) is 11.7. The van der Waals surface area contributed by atoms with Crippen LogP contribution in [0.3, 0.4) is 0 Å². The first-order valence-electron chi connectivity index (χ1n) is 1.17. The second-order valence-corrected chi connectivity index (χ2v) is 0.556. The molecule has 0 atom stereocenters. The van der Waals surface area contributed by atoms with Gasteiger partial charge in [0.05, 0.1) is 0 Å². The van der Waals surface area contributed by atoms with E-state index >= 15 is 0 Å². The number of hydrogen-bond donors (Lipinski definition) is 0. The Bertz CT molecular complexity index is 43.2. The average Bonchev–Trinajstić information content (AvgIpc) is 1.72. The molecule has 0 spiro atoms. The summed E-state index contributed by atoms with van der Waals surface area (Å²) in [5, 5.41) is 0. The zero-order valence-corrected chi connectivity index (χ0v) is 5.85. The molecule has 46 valence electrons. The van der Waals surface area contributed by atoms with Gasteiger partial charge in [0.15, 0.2) is 0 Å². The minimum atomic E-state index is -2.51. The summed E-state index contributed by atoms with van der Waals surface area (Å²) in [6.07, 6.45) is 0. The fourth-order valence-corrected chi connectivity index (χ4v) is 0.0412. The third-order valence-corrected chi connectivity index (χ3v) is 0.218. The molecule has 0 bridgehead atoms. The van der Waals surface area contributed by atoms with E-state index in [0.717, 1.165) is 0 Å². The average molecular weight is 158 g/mol. The van der Waals surface area contributed by atoms with E-state index in [0.29, 0.717) is 0 Å². The van der Waals surface area contributed by atoms with Crippen LogP contribution in [0.2, 0.25) is 0 Å². The molecule has 0 aliphatic heterocycles. The van der Waals surface area contributed by atoms with Crippen molar-refractivity contribution in [2.24, 2.45) is 0 Å². The molecule has 0 aromatic carbocycles. The largest absolute Gasteiger partial charge is 2.00 e. The molecule has 0 heterocycles. The van der Waals surface area contributed by atoms with Crippen molar-refractivity contribution in [1.82, 2.24) is 0 Å². The van der Waals surface area contributed by atoms with Gasteiger partial charge in [-0.15, -0.1) is 0 Å². The molecule has 0 aromatic rings. The molecule has 0 aromatic heterocycles. The molecular formula is H2BCaF3O3. The van der Waals surface area contributed by atoms with Crippen molar-refractivity contribution >= 4 is 45.1 Å². The third kappa shape index (κ3) is 5.14. The molecule has 0 saturated carbocycles. The van der Waals surface area contributed by atoms with Crippen LogP contribution in [-0.4, -0.2) is 45.1 Å². The minimum absolute atomic E-state index is 0. The molecule has 0 fully saturated rings. The topological polar surface area (TPSA) is 27.7 Å². The van der Waals surface area contributed by atoms with Crippen LogP contribution >= 0.6 is 0 Å². The molecule has 0 aliphatic carbocycles. The molecule has 8 heteroatoms. The summed E-state index contributed by atoms with van der Waals surface area (Å²) < 4.78 is 31.3. The fraction of sp³-hybridized carbons (Fsp3) is 0. The zero-order chi connectivity index (χ0) is 5.70. The van der Waals surface area contributed by atoms with E-state index in [9.17, 15) is 13.6 Å².